The van der Waals surface area contributed by atoms with Crippen LogP contribution in [-0.2, 0) is 0 Å². The van der Waals surface area contributed by atoms with E-state index in [1.165, 1.54) is 6.26 Å². The van der Waals surface area contributed by atoms with Gasteiger partial charge in [-0.3, -0.25) is 4.79 Å². The molecule has 0 aliphatic rings. The third-order valence-electron chi connectivity index (χ3n) is 2.04. The van der Waals surface area contributed by atoms with E-state index in [9.17, 15) is 4.79 Å². The maximum Gasteiger partial charge on any atom is 0.291 e. The molecule has 0 atom stereocenters. The number of nitrogens with one attached hydrogen (secondary N) is 1. The lowest BCUT2D eigenvalue weighted by molar-refractivity contribution is 0.0996. The summed E-state index contributed by atoms with van der Waals surface area (Å²) in [7, 11) is 0. The number of anilines is 1. The van der Waals surface area contributed by atoms with Gasteiger partial charge in [0, 0.05) is 0 Å². The van der Waals surface area contributed by atoms with Gasteiger partial charge in [0.15, 0.2) is 5.76 Å². The summed E-state index contributed by atoms with van der Waals surface area (Å²) in [5, 5.41) is 11.4. The fourth-order valence-corrected chi connectivity index (χ4v) is 1.28. The second kappa shape index (κ2) is 4.32. The van der Waals surface area contributed by atoms with Gasteiger partial charge in [-0.1, -0.05) is 12.1 Å². The second-order valence-electron chi connectivity index (χ2n) is 3.09. The first-order valence-corrected chi connectivity index (χ1v) is 4.65. The fraction of sp³-hybridized carbons (Fsp3) is 0. The first-order valence-electron chi connectivity index (χ1n) is 4.65. The minimum atomic E-state index is -0.368. The van der Waals surface area contributed by atoms with Crippen LogP contribution in [0.2, 0.25) is 0 Å². The van der Waals surface area contributed by atoms with E-state index >= 15 is 0 Å². The summed E-state index contributed by atoms with van der Waals surface area (Å²) in [6.45, 7) is 0. The number of carbonyl (C=O) groups is 1. The monoisotopic (exact) mass is 212 g/mol. The summed E-state index contributed by atoms with van der Waals surface area (Å²) in [5.74, 6) is -0.152. The number of carbonyl (C=O) groups excluding carboxylic acids is 1. The lowest BCUT2D eigenvalue weighted by Gasteiger charge is -2.04. The van der Waals surface area contributed by atoms with Gasteiger partial charge in [0.05, 0.1) is 17.5 Å². The van der Waals surface area contributed by atoms with Gasteiger partial charge in [0.25, 0.3) is 5.91 Å². The lowest BCUT2D eigenvalue weighted by atomic mass is 10.2. The number of nitrogens with zero attached hydrogens (tertiary/aromatic N) is 1. The van der Waals surface area contributed by atoms with Crippen molar-refractivity contribution >= 4 is 11.6 Å². The molecule has 1 amide bonds. The van der Waals surface area contributed by atoms with Crippen molar-refractivity contribution in [1.82, 2.24) is 0 Å². The average Bonchev–Trinajstić information content (AvgIpc) is 2.83. The van der Waals surface area contributed by atoms with Crippen molar-refractivity contribution in [3.8, 4) is 6.07 Å². The molecular formula is C12H8N2O2. The van der Waals surface area contributed by atoms with E-state index < -0.39 is 0 Å². The zero-order valence-electron chi connectivity index (χ0n) is 8.31. The van der Waals surface area contributed by atoms with E-state index in [-0.39, 0.29) is 11.7 Å². The van der Waals surface area contributed by atoms with Crippen LogP contribution in [0.25, 0.3) is 0 Å². The van der Waals surface area contributed by atoms with E-state index in [0.29, 0.717) is 11.3 Å². The van der Waals surface area contributed by atoms with Crippen molar-refractivity contribution in [3.05, 3.63) is 54.0 Å². The van der Waals surface area contributed by atoms with Crippen molar-refractivity contribution in [1.29, 1.82) is 5.26 Å². The van der Waals surface area contributed by atoms with Crippen LogP contribution < -0.4 is 5.32 Å². The summed E-state index contributed by atoms with van der Waals surface area (Å²) >= 11 is 0. The number of furan rings is 1. The molecule has 16 heavy (non-hydrogen) atoms. The molecule has 0 saturated heterocycles. The number of nitriles is 1. The van der Waals surface area contributed by atoms with Crippen LogP contribution in [0.1, 0.15) is 16.1 Å². The summed E-state index contributed by atoms with van der Waals surface area (Å²) in [4.78, 5) is 11.6. The zero-order valence-corrected chi connectivity index (χ0v) is 8.31. The standard InChI is InChI=1S/C12H8N2O2/c13-8-9-4-1-2-5-10(9)14-12(15)11-6-3-7-16-11/h1-7H,(H,14,15). The lowest BCUT2D eigenvalue weighted by Crippen LogP contribution is -2.11. The minimum Gasteiger partial charge on any atom is -0.459 e. The van der Waals surface area contributed by atoms with Gasteiger partial charge in [-0.15, -0.1) is 0 Å². The van der Waals surface area contributed by atoms with Gasteiger partial charge in [0.2, 0.25) is 0 Å². The minimum absolute atomic E-state index is 0.216. The predicted molar refractivity (Wildman–Crippen MR) is 57.8 cm³/mol. The molecule has 0 unspecified atom stereocenters. The Hall–Kier alpha value is -2.54. The average molecular weight is 212 g/mol. The highest BCUT2D eigenvalue weighted by Gasteiger charge is 2.10. The molecule has 0 radical (unpaired) electrons. The van der Waals surface area contributed by atoms with E-state index in [2.05, 4.69) is 5.32 Å². The van der Waals surface area contributed by atoms with Crippen molar-refractivity contribution in [2.24, 2.45) is 0 Å². The molecule has 1 heterocycles. The maximum atomic E-state index is 11.6. The molecule has 2 aromatic rings. The highest BCUT2D eigenvalue weighted by Crippen LogP contribution is 2.14. The Bertz CT molecular complexity index is 538. The molecule has 0 fully saturated rings. The third-order valence-corrected chi connectivity index (χ3v) is 2.04. The molecule has 4 nitrogen and oxygen atoms in total. The Labute approximate surface area is 92.1 Å². The first kappa shape index (κ1) is 9.99. The van der Waals surface area contributed by atoms with E-state index in [0.717, 1.165) is 0 Å². The van der Waals surface area contributed by atoms with Gasteiger partial charge < -0.3 is 9.73 Å². The van der Waals surface area contributed by atoms with Gasteiger partial charge >= 0.3 is 0 Å². The molecule has 0 spiro atoms. The topological polar surface area (TPSA) is 66.0 Å². The van der Waals surface area contributed by atoms with Crippen LogP contribution in [0, 0.1) is 11.3 Å². The van der Waals surface area contributed by atoms with Crippen LogP contribution in [0.3, 0.4) is 0 Å². The van der Waals surface area contributed by atoms with Crippen LogP contribution >= 0.6 is 0 Å². The Morgan fingerprint density at radius 2 is 2.06 bits per heavy atom. The Kier molecular flexibility index (Phi) is 2.70. The van der Waals surface area contributed by atoms with Gasteiger partial charge in [-0.05, 0) is 24.3 Å². The molecule has 0 aliphatic carbocycles. The zero-order chi connectivity index (χ0) is 11.4. The molecule has 0 saturated carbocycles. The number of para-hydroxylation sites is 1. The van der Waals surface area contributed by atoms with E-state index in [1.54, 1.807) is 36.4 Å². The van der Waals surface area contributed by atoms with Crippen molar-refractivity contribution in [2.75, 3.05) is 5.32 Å². The Morgan fingerprint density at radius 1 is 1.25 bits per heavy atom. The van der Waals surface area contributed by atoms with E-state index in [1.807, 2.05) is 6.07 Å². The number of amides is 1. The largest absolute Gasteiger partial charge is 0.459 e. The molecule has 1 aromatic carbocycles. The molecule has 1 N–H and O–H groups in total. The SMILES string of the molecule is N#Cc1ccccc1NC(=O)c1ccco1. The molecule has 1 aromatic heterocycles. The highest BCUT2D eigenvalue weighted by molar-refractivity contribution is 6.02. The van der Waals surface area contributed by atoms with Gasteiger partial charge in [-0.25, -0.2) is 0 Å². The third kappa shape index (κ3) is 1.93. The molecule has 4 heteroatoms. The number of rotatable bonds is 2. The van der Waals surface area contributed by atoms with Crippen LogP contribution in [0.15, 0.2) is 47.1 Å². The molecular weight excluding hydrogens is 204 g/mol. The second-order valence-corrected chi connectivity index (χ2v) is 3.09. The van der Waals surface area contributed by atoms with Gasteiger partial charge in [0.1, 0.15) is 6.07 Å². The summed E-state index contributed by atoms with van der Waals surface area (Å²) in [6, 6.07) is 12.0. The number of hydrogen-bond acceptors (Lipinski definition) is 3. The number of benzene rings is 1. The van der Waals surface area contributed by atoms with Crippen molar-refractivity contribution < 1.29 is 9.21 Å². The quantitative estimate of drug-likeness (QED) is 0.831. The Morgan fingerprint density at radius 3 is 2.75 bits per heavy atom. The number of hydrogen-bond donors (Lipinski definition) is 1. The fourth-order valence-electron chi connectivity index (χ4n) is 1.28. The van der Waals surface area contributed by atoms with Crippen LogP contribution in [0.4, 0.5) is 5.69 Å². The molecule has 0 aliphatic heterocycles. The van der Waals surface area contributed by atoms with Crippen molar-refractivity contribution in [3.63, 3.8) is 0 Å². The molecule has 0 bridgehead atoms. The highest BCUT2D eigenvalue weighted by atomic mass is 16.3. The van der Waals surface area contributed by atoms with E-state index in [4.69, 9.17) is 9.68 Å². The van der Waals surface area contributed by atoms with Crippen LogP contribution in [-0.4, -0.2) is 5.91 Å². The summed E-state index contributed by atoms with van der Waals surface area (Å²) < 4.78 is 4.95. The predicted octanol–water partition coefficient (Wildman–Crippen LogP) is 2.40. The summed E-state index contributed by atoms with van der Waals surface area (Å²) in [6.07, 6.45) is 1.42. The van der Waals surface area contributed by atoms with Crippen LogP contribution in [0.5, 0.6) is 0 Å². The van der Waals surface area contributed by atoms with Crippen molar-refractivity contribution in [2.45, 2.75) is 0 Å². The smallest absolute Gasteiger partial charge is 0.291 e. The first-order chi connectivity index (χ1) is 7.81. The normalized spacial score (nSPS) is 9.44. The van der Waals surface area contributed by atoms with Gasteiger partial charge in [-0.2, -0.15) is 5.26 Å². The maximum absolute atomic E-state index is 11.6. The molecule has 78 valence electrons. The summed E-state index contributed by atoms with van der Waals surface area (Å²) in [5.41, 5.74) is 0.897. The Balaban J connectivity index is 2.22. The molecule has 2 rings (SSSR count).